The number of phenols is 1. The van der Waals surface area contributed by atoms with Crippen molar-refractivity contribution < 1.29 is 5.11 Å². The van der Waals surface area contributed by atoms with Gasteiger partial charge in [-0.05, 0) is 12.0 Å². The zero-order valence-corrected chi connectivity index (χ0v) is 9.88. The smallest absolute Gasteiger partial charge is 0.124 e. The summed E-state index contributed by atoms with van der Waals surface area (Å²) >= 11 is 0. The van der Waals surface area contributed by atoms with Crippen LogP contribution in [-0.4, -0.2) is 5.11 Å². The summed E-state index contributed by atoms with van der Waals surface area (Å²) in [6, 6.07) is 3.85. The molecule has 0 aliphatic carbocycles. The molecule has 1 aromatic rings. The molecule has 0 spiro atoms. The topological polar surface area (TPSA) is 72.3 Å². The van der Waals surface area contributed by atoms with Gasteiger partial charge >= 0.3 is 0 Å². The Balaban J connectivity index is 0.000000921. The van der Waals surface area contributed by atoms with E-state index < -0.39 is 0 Å². The molecule has 0 fully saturated rings. The first-order chi connectivity index (χ1) is 7.22. The van der Waals surface area contributed by atoms with E-state index in [-0.39, 0.29) is 5.75 Å². The third-order valence-electron chi connectivity index (χ3n) is 2.18. The van der Waals surface area contributed by atoms with E-state index >= 15 is 0 Å². The Labute approximate surface area is 92.1 Å². The van der Waals surface area contributed by atoms with E-state index in [4.69, 9.17) is 11.5 Å². The van der Waals surface area contributed by atoms with Crippen LogP contribution in [0.1, 0.15) is 37.5 Å². The van der Waals surface area contributed by atoms with Gasteiger partial charge in [-0.1, -0.05) is 32.9 Å². The summed E-state index contributed by atoms with van der Waals surface area (Å²) in [5.74, 6) is 0.252. The lowest BCUT2D eigenvalue weighted by molar-refractivity contribution is 0.461. The van der Waals surface area contributed by atoms with E-state index in [0.29, 0.717) is 13.1 Å². The van der Waals surface area contributed by atoms with Crippen molar-refractivity contribution in [2.24, 2.45) is 11.5 Å². The quantitative estimate of drug-likeness (QED) is 0.713. The summed E-state index contributed by atoms with van der Waals surface area (Å²) < 4.78 is 0. The number of phenolic OH excluding ortho intramolecular Hbond substituents is 1. The molecular weight excluding hydrogens is 188 g/mol. The average molecular weight is 210 g/mol. The van der Waals surface area contributed by atoms with Crippen molar-refractivity contribution in [3.63, 3.8) is 0 Å². The fourth-order valence-corrected chi connectivity index (χ4v) is 1.35. The van der Waals surface area contributed by atoms with Gasteiger partial charge in [0.05, 0.1) is 0 Å². The lowest BCUT2D eigenvalue weighted by atomic mass is 10.0. The molecule has 0 aliphatic rings. The second-order valence-electron chi connectivity index (χ2n) is 3.02. The van der Waals surface area contributed by atoms with Crippen molar-refractivity contribution in [3.8, 4) is 5.75 Å². The molecule has 15 heavy (non-hydrogen) atoms. The van der Waals surface area contributed by atoms with Gasteiger partial charge in [0, 0.05) is 24.2 Å². The van der Waals surface area contributed by atoms with Crippen LogP contribution >= 0.6 is 0 Å². The Bertz CT molecular complexity index is 273. The fraction of sp³-hybridized carbons (Fsp3) is 0.500. The first-order valence-corrected chi connectivity index (χ1v) is 5.46. The Morgan fingerprint density at radius 2 is 1.47 bits per heavy atom. The first-order valence-electron chi connectivity index (χ1n) is 5.46. The van der Waals surface area contributed by atoms with Crippen LogP contribution in [0.4, 0.5) is 0 Å². The second kappa shape index (κ2) is 7.26. The van der Waals surface area contributed by atoms with E-state index in [2.05, 4.69) is 6.92 Å². The van der Waals surface area contributed by atoms with Crippen LogP contribution in [0.3, 0.4) is 0 Å². The molecule has 0 heterocycles. The van der Waals surface area contributed by atoms with E-state index in [0.717, 1.165) is 17.5 Å². The number of benzene rings is 1. The molecule has 0 saturated carbocycles. The highest BCUT2D eigenvalue weighted by Gasteiger charge is 2.06. The maximum absolute atomic E-state index is 9.65. The minimum Gasteiger partial charge on any atom is -0.507 e. The minimum absolute atomic E-state index is 0.252. The van der Waals surface area contributed by atoms with Gasteiger partial charge in [-0.25, -0.2) is 0 Å². The monoisotopic (exact) mass is 210 g/mol. The zero-order chi connectivity index (χ0) is 11.8. The summed E-state index contributed by atoms with van der Waals surface area (Å²) in [6.07, 6.45) is 0.931. The first kappa shape index (κ1) is 13.9. The number of hydrogen-bond acceptors (Lipinski definition) is 3. The largest absolute Gasteiger partial charge is 0.507 e. The average Bonchev–Trinajstić information content (AvgIpc) is 2.32. The van der Waals surface area contributed by atoms with Gasteiger partial charge in [0.15, 0.2) is 0 Å². The molecule has 0 aromatic heterocycles. The summed E-state index contributed by atoms with van der Waals surface area (Å²) in [5, 5.41) is 9.65. The number of aryl methyl sites for hydroxylation is 1. The van der Waals surface area contributed by atoms with Crippen LogP contribution in [-0.2, 0) is 19.5 Å². The second-order valence-corrected chi connectivity index (χ2v) is 3.02. The van der Waals surface area contributed by atoms with Crippen molar-refractivity contribution in [1.82, 2.24) is 0 Å². The van der Waals surface area contributed by atoms with Crippen LogP contribution in [0.5, 0.6) is 5.75 Å². The van der Waals surface area contributed by atoms with Gasteiger partial charge < -0.3 is 16.6 Å². The molecule has 0 radical (unpaired) electrons. The summed E-state index contributed by atoms with van der Waals surface area (Å²) in [6.45, 7) is 6.77. The fourth-order valence-electron chi connectivity index (χ4n) is 1.35. The number of nitrogens with two attached hydrogens (primary N) is 2. The molecule has 0 aliphatic heterocycles. The van der Waals surface area contributed by atoms with Crippen molar-refractivity contribution in [1.29, 1.82) is 0 Å². The summed E-state index contributed by atoms with van der Waals surface area (Å²) in [4.78, 5) is 0. The standard InChI is InChI=1S/C10H16N2O.C2H6/c1-2-7-3-8(5-11)10(13)9(4-7)6-12;1-2/h3-4,13H,2,5-6,11-12H2,1H3;1-2H3. The lowest BCUT2D eigenvalue weighted by Crippen LogP contribution is -2.03. The Kier molecular flexibility index (Phi) is 6.75. The lowest BCUT2D eigenvalue weighted by Gasteiger charge is -2.09. The Hall–Kier alpha value is -1.06. The SMILES string of the molecule is CC.CCc1cc(CN)c(O)c(CN)c1. The maximum atomic E-state index is 9.65. The van der Waals surface area contributed by atoms with E-state index in [1.165, 1.54) is 5.56 Å². The zero-order valence-electron chi connectivity index (χ0n) is 9.88. The van der Waals surface area contributed by atoms with Gasteiger partial charge in [-0.3, -0.25) is 0 Å². The molecule has 0 bridgehead atoms. The molecule has 0 amide bonds. The highest BCUT2D eigenvalue weighted by Crippen LogP contribution is 2.24. The summed E-state index contributed by atoms with van der Waals surface area (Å²) in [5.41, 5.74) is 13.7. The molecule has 3 heteroatoms. The molecule has 3 nitrogen and oxygen atoms in total. The maximum Gasteiger partial charge on any atom is 0.124 e. The third kappa shape index (κ3) is 3.53. The molecule has 0 saturated heterocycles. The minimum atomic E-state index is 0.252. The molecule has 1 rings (SSSR count). The number of rotatable bonds is 3. The predicted octanol–water partition coefficient (Wildman–Crippen LogP) is 1.90. The predicted molar refractivity (Wildman–Crippen MR) is 64.6 cm³/mol. The molecular formula is C12H22N2O. The highest BCUT2D eigenvalue weighted by atomic mass is 16.3. The summed E-state index contributed by atoms with van der Waals surface area (Å²) in [7, 11) is 0. The van der Waals surface area contributed by atoms with Gasteiger partial charge in [-0.15, -0.1) is 0 Å². The van der Waals surface area contributed by atoms with Gasteiger partial charge in [0.2, 0.25) is 0 Å². The van der Waals surface area contributed by atoms with Crippen molar-refractivity contribution >= 4 is 0 Å². The Morgan fingerprint density at radius 3 is 1.73 bits per heavy atom. The normalized spacial score (nSPS) is 9.40. The third-order valence-corrected chi connectivity index (χ3v) is 2.18. The van der Waals surface area contributed by atoms with Gasteiger partial charge in [-0.2, -0.15) is 0 Å². The molecule has 5 N–H and O–H groups in total. The molecule has 0 unspecified atom stereocenters. The molecule has 1 aromatic carbocycles. The van der Waals surface area contributed by atoms with Gasteiger partial charge in [0.1, 0.15) is 5.75 Å². The van der Waals surface area contributed by atoms with Gasteiger partial charge in [0.25, 0.3) is 0 Å². The van der Waals surface area contributed by atoms with Crippen molar-refractivity contribution in [3.05, 3.63) is 28.8 Å². The molecule has 86 valence electrons. The number of hydrogen-bond donors (Lipinski definition) is 3. The van der Waals surface area contributed by atoms with Crippen molar-refractivity contribution in [2.45, 2.75) is 40.3 Å². The Morgan fingerprint density at radius 1 is 1.07 bits per heavy atom. The number of aromatic hydroxyl groups is 1. The van der Waals surface area contributed by atoms with Crippen LogP contribution in [0, 0.1) is 0 Å². The van der Waals surface area contributed by atoms with E-state index in [1.54, 1.807) is 0 Å². The highest BCUT2D eigenvalue weighted by molar-refractivity contribution is 5.43. The van der Waals surface area contributed by atoms with E-state index in [1.807, 2.05) is 26.0 Å². The van der Waals surface area contributed by atoms with Crippen LogP contribution in [0.25, 0.3) is 0 Å². The van der Waals surface area contributed by atoms with E-state index in [9.17, 15) is 5.11 Å². The van der Waals surface area contributed by atoms with Crippen LogP contribution < -0.4 is 11.5 Å². The molecule has 0 atom stereocenters. The van der Waals surface area contributed by atoms with Crippen molar-refractivity contribution in [2.75, 3.05) is 0 Å². The van der Waals surface area contributed by atoms with Crippen LogP contribution in [0.2, 0.25) is 0 Å². The van der Waals surface area contributed by atoms with Crippen LogP contribution in [0.15, 0.2) is 12.1 Å².